The van der Waals surface area contributed by atoms with Crippen molar-refractivity contribution in [1.82, 2.24) is 0 Å². The molecule has 0 radical (unpaired) electrons. The van der Waals surface area contributed by atoms with Crippen molar-refractivity contribution < 1.29 is 0 Å². The Morgan fingerprint density at radius 2 is 0.881 bits per heavy atom. The lowest BCUT2D eigenvalue weighted by Crippen LogP contribution is -2.28. The normalized spacial score (nSPS) is 12.6. The smallest absolute Gasteiger partial charge is 0.0714 e. The molecule has 12 aromatic rings. The molecular formula is C65H43NS. The number of benzene rings is 11. The molecule has 2 heteroatoms. The van der Waals surface area contributed by atoms with Crippen molar-refractivity contribution in [1.29, 1.82) is 0 Å². The van der Waals surface area contributed by atoms with Gasteiger partial charge in [0.1, 0.15) is 0 Å². The first-order chi connectivity index (χ1) is 33.2. The molecule has 13 rings (SSSR count). The van der Waals surface area contributed by atoms with Crippen LogP contribution in [0.25, 0.3) is 75.5 Å². The van der Waals surface area contributed by atoms with Gasteiger partial charge in [0.05, 0.1) is 11.1 Å². The first-order valence-corrected chi connectivity index (χ1v) is 23.9. The highest BCUT2D eigenvalue weighted by Crippen LogP contribution is 2.57. The fourth-order valence-electron chi connectivity index (χ4n) is 10.9. The highest BCUT2D eigenvalue weighted by molar-refractivity contribution is 7.26. The van der Waals surface area contributed by atoms with Gasteiger partial charge in [-0.25, -0.2) is 0 Å². The van der Waals surface area contributed by atoms with Crippen molar-refractivity contribution in [3.63, 3.8) is 0 Å². The van der Waals surface area contributed by atoms with Gasteiger partial charge in [-0.05, 0) is 115 Å². The van der Waals surface area contributed by atoms with Gasteiger partial charge in [0, 0.05) is 42.7 Å². The third kappa shape index (κ3) is 6.37. The van der Waals surface area contributed by atoms with E-state index in [0.29, 0.717) is 0 Å². The molecule has 0 saturated heterocycles. The summed E-state index contributed by atoms with van der Waals surface area (Å²) in [6.07, 6.45) is 0. The number of hydrogen-bond acceptors (Lipinski definition) is 2. The summed E-state index contributed by atoms with van der Waals surface area (Å²) in [5.41, 5.74) is 17.6. The van der Waals surface area contributed by atoms with Crippen molar-refractivity contribution in [2.45, 2.75) is 5.41 Å². The first kappa shape index (κ1) is 39.1. The summed E-state index contributed by atoms with van der Waals surface area (Å²) < 4.78 is 2.60. The maximum Gasteiger partial charge on any atom is 0.0714 e. The van der Waals surface area contributed by atoms with E-state index in [9.17, 15) is 0 Å². The van der Waals surface area contributed by atoms with Gasteiger partial charge in [-0.1, -0.05) is 212 Å². The van der Waals surface area contributed by atoms with E-state index >= 15 is 0 Å². The lowest BCUT2D eigenvalue weighted by Gasteiger charge is -2.35. The molecule has 0 unspecified atom stereocenters. The highest BCUT2D eigenvalue weighted by atomic mass is 32.1. The van der Waals surface area contributed by atoms with E-state index in [1.165, 1.54) is 97.7 Å². The number of rotatable bonds is 8. The topological polar surface area (TPSA) is 3.24 Å². The lowest BCUT2D eigenvalue weighted by molar-refractivity contribution is 0.768. The molecule has 1 aliphatic carbocycles. The van der Waals surface area contributed by atoms with Crippen LogP contribution in [0.4, 0.5) is 17.1 Å². The summed E-state index contributed by atoms with van der Waals surface area (Å²) in [6, 6.07) is 96.4. The zero-order valence-electron chi connectivity index (χ0n) is 36.7. The van der Waals surface area contributed by atoms with Crippen LogP contribution in [0.15, 0.2) is 261 Å². The van der Waals surface area contributed by atoms with Crippen LogP contribution in [0, 0.1) is 0 Å². The summed E-state index contributed by atoms with van der Waals surface area (Å²) >= 11 is 1.88. The minimum atomic E-state index is -0.530. The Hall–Kier alpha value is -8.30. The van der Waals surface area contributed by atoms with Crippen molar-refractivity contribution >= 4 is 59.3 Å². The molecule has 0 aliphatic heterocycles. The van der Waals surface area contributed by atoms with Gasteiger partial charge in [-0.15, -0.1) is 11.3 Å². The maximum absolute atomic E-state index is 2.49. The SMILES string of the molecule is c1ccc(C2(c3ccccc3)c3ccccc3-c3ccc(N(c4ccc(-c5cccc(-c6ccc7ccccc7c6)c5)cc4)c4ccccc4-c4cccc5c4sc4ccccc45)cc32)cc1. The van der Waals surface area contributed by atoms with Crippen LogP contribution in [0.1, 0.15) is 22.3 Å². The lowest BCUT2D eigenvalue weighted by atomic mass is 9.67. The number of fused-ring (bicyclic) bond motifs is 7. The molecular weight excluding hydrogens is 827 g/mol. The highest BCUT2D eigenvalue weighted by Gasteiger charge is 2.46. The van der Waals surface area contributed by atoms with Crippen LogP contribution in [0.2, 0.25) is 0 Å². The second-order valence-electron chi connectivity index (χ2n) is 17.6. The Morgan fingerprint density at radius 1 is 0.313 bits per heavy atom. The fraction of sp³-hybridized carbons (Fsp3) is 0.0154. The molecule has 1 aliphatic rings. The van der Waals surface area contributed by atoms with Gasteiger partial charge < -0.3 is 4.90 Å². The van der Waals surface area contributed by atoms with Gasteiger partial charge >= 0.3 is 0 Å². The number of thiophene rings is 1. The first-order valence-electron chi connectivity index (χ1n) is 23.1. The minimum Gasteiger partial charge on any atom is -0.310 e. The van der Waals surface area contributed by atoms with Gasteiger partial charge in [-0.3, -0.25) is 0 Å². The van der Waals surface area contributed by atoms with Gasteiger partial charge in [0.15, 0.2) is 0 Å². The maximum atomic E-state index is 2.49. The summed E-state index contributed by atoms with van der Waals surface area (Å²) in [7, 11) is 0. The third-order valence-electron chi connectivity index (χ3n) is 13.9. The molecule has 67 heavy (non-hydrogen) atoms. The van der Waals surface area contributed by atoms with Crippen LogP contribution in [0.3, 0.4) is 0 Å². The summed E-state index contributed by atoms with van der Waals surface area (Å²) in [6.45, 7) is 0. The van der Waals surface area contributed by atoms with E-state index in [1.54, 1.807) is 0 Å². The molecule has 0 N–H and O–H groups in total. The van der Waals surface area contributed by atoms with Crippen LogP contribution in [-0.4, -0.2) is 0 Å². The second-order valence-corrected chi connectivity index (χ2v) is 18.6. The number of para-hydroxylation sites is 1. The molecule has 11 aromatic carbocycles. The minimum absolute atomic E-state index is 0.530. The number of anilines is 3. The van der Waals surface area contributed by atoms with E-state index in [1.807, 2.05) is 11.3 Å². The molecule has 1 heterocycles. The van der Waals surface area contributed by atoms with Crippen molar-refractivity contribution in [2.75, 3.05) is 4.90 Å². The van der Waals surface area contributed by atoms with E-state index < -0.39 is 5.41 Å². The van der Waals surface area contributed by atoms with E-state index in [0.717, 1.165) is 17.1 Å². The average Bonchev–Trinajstić information content (AvgIpc) is 3.93. The van der Waals surface area contributed by atoms with Crippen LogP contribution in [-0.2, 0) is 5.41 Å². The predicted octanol–water partition coefficient (Wildman–Crippen LogP) is 18.0. The largest absolute Gasteiger partial charge is 0.310 e. The molecule has 0 saturated carbocycles. The Bertz CT molecular complexity index is 3770. The quantitative estimate of drug-likeness (QED) is 0.147. The van der Waals surface area contributed by atoms with Crippen LogP contribution in [0.5, 0.6) is 0 Å². The summed E-state index contributed by atoms with van der Waals surface area (Å²) in [4.78, 5) is 2.49. The Morgan fingerprint density at radius 3 is 1.69 bits per heavy atom. The number of nitrogens with zero attached hydrogens (tertiary/aromatic N) is 1. The predicted molar refractivity (Wildman–Crippen MR) is 285 cm³/mol. The van der Waals surface area contributed by atoms with Gasteiger partial charge in [0.25, 0.3) is 0 Å². The summed E-state index contributed by atoms with van der Waals surface area (Å²) in [5, 5.41) is 5.10. The van der Waals surface area contributed by atoms with Gasteiger partial charge in [0.2, 0.25) is 0 Å². The van der Waals surface area contributed by atoms with Crippen LogP contribution < -0.4 is 4.90 Å². The Kier molecular flexibility index (Phi) is 9.33. The fourth-order valence-corrected chi connectivity index (χ4v) is 12.1. The summed E-state index contributed by atoms with van der Waals surface area (Å²) in [5.74, 6) is 0. The molecule has 1 aromatic heterocycles. The average molecular weight is 870 g/mol. The standard InChI is InChI=1S/C65H43NS/c1-3-21-50(22-4-1)65(51-23-5-2-6-24-51)60-30-12-9-25-54(60)55-40-39-53(43-61(55)65)66(62-31-13-10-26-56(62)58-28-16-29-59-57-27-11-14-32-63(57)67-64(58)59)52-37-35-45(36-38-52)47-19-15-20-48(41-47)49-34-33-44-17-7-8-18-46(44)42-49/h1-43H. The van der Waals surface area contributed by atoms with Crippen molar-refractivity contribution in [3.8, 4) is 44.5 Å². The molecule has 1 nitrogen and oxygen atoms in total. The molecule has 0 fully saturated rings. The van der Waals surface area contributed by atoms with Crippen molar-refractivity contribution in [3.05, 3.63) is 283 Å². The Balaban J connectivity index is 1.01. The Labute approximate surface area is 395 Å². The molecule has 0 spiro atoms. The molecule has 0 bridgehead atoms. The zero-order valence-corrected chi connectivity index (χ0v) is 37.5. The zero-order chi connectivity index (χ0) is 44.3. The molecule has 314 valence electrons. The van der Waals surface area contributed by atoms with Gasteiger partial charge in [-0.2, -0.15) is 0 Å². The second kappa shape index (κ2) is 16.0. The van der Waals surface area contributed by atoms with Crippen LogP contribution >= 0.6 is 11.3 Å². The monoisotopic (exact) mass is 869 g/mol. The molecule has 0 atom stereocenters. The van der Waals surface area contributed by atoms with Crippen molar-refractivity contribution in [2.24, 2.45) is 0 Å². The third-order valence-corrected chi connectivity index (χ3v) is 15.2. The molecule has 0 amide bonds. The van der Waals surface area contributed by atoms with E-state index in [-0.39, 0.29) is 0 Å². The van der Waals surface area contributed by atoms with E-state index in [4.69, 9.17) is 0 Å². The number of hydrogen-bond donors (Lipinski definition) is 0. The van der Waals surface area contributed by atoms with E-state index in [2.05, 4.69) is 266 Å².